The molecule has 1 aromatic rings. The van der Waals surface area contributed by atoms with Crippen LogP contribution in [0.4, 0.5) is 5.00 Å². The number of nitrogens with one attached hydrogen (secondary N) is 1. The van der Waals surface area contributed by atoms with Crippen molar-refractivity contribution in [2.75, 3.05) is 5.32 Å². The number of amides is 2. The van der Waals surface area contributed by atoms with Crippen LogP contribution in [0.2, 0.25) is 0 Å². The molecular weight excluding hydrogens is 236 g/mol. The van der Waals surface area contributed by atoms with E-state index in [0.717, 1.165) is 24.1 Å². The smallest absolute Gasteiger partial charge is 0.251 e. The van der Waals surface area contributed by atoms with Crippen molar-refractivity contribution in [2.24, 2.45) is 5.73 Å². The third-order valence-electron chi connectivity index (χ3n) is 2.41. The zero-order valence-electron chi connectivity index (χ0n) is 10.2. The molecule has 1 heterocycles. The zero-order valence-corrected chi connectivity index (χ0v) is 11.0. The molecule has 0 saturated heterocycles. The summed E-state index contributed by atoms with van der Waals surface area (Å²) < 4.78 is 0. The van der Waals surface area contributed by atoms with Gasteiger partial charge in [0.05, 0.1) is 5.56 Å². The first-order chi connectivity index (χ1) is 8.08. The van der Waals surface area contributed by atoms with Crippen molar-refractivity contribution in [3.63, 3.8) is 0 Å². The Hall–Kier alpha value is -1.36. The van der Waals surface area contributed by atoms with E-state index in [1.54, 1.807) is 6.07 Å². The van der Waals surface area contributed by atoms with Crippen LogP contribution in [0.25, 0.3) is 0 Å². The third kappa shape index (κ3) is 3.85. The summed E-state index contributed by atoms with van der Waals surface area (Å²) in [5.41, 5.74) is 5.69. The fourth-order valence-electron chi connectivity index (χ4n) is 1.42. The van der Waals surface area contributed by atoms with E-state index in [9.17, 15) is 9.59 Å². The lowest BCUT2D eigenvalue weighted by Crippen LogP contribution is -2.16. The minimum absolute atomic E-state index is 0.0566. The van der Waals surface area contributed by atoms with Gasteiger partial charge in [-0.05, 0) is 18.9 Å². The fraction of sp³-hybridized carbons (Fsp3) is 0.500. The molecule has 0 aromatic carbocycles. The van der Waals surface area contributed by atoms with Gasteiger partial charge in [0.15, 0.2) is 0 Å². The number of hydrogen-bond donors (Lipinski definition) is 2. The molecule has 4 nitrogen and oxygen atoms in total. The van der Waals surface area contributed by atoms with Gasteiger partial charge in [-0.1, -0.05) is 20.3 Å². The van der Waals surface area contributed by atoms with Crippen LogP contribution in [-0.4, -0.2) is 11.8 Å². The SMILES string of the molecule is CCCCC(=O)Nc1sc(CC)cc1C(N)=O. The minimum Gasteiger partial charge on any atom is -0.366 e. The van der Waals surface area contributed by atoms with Crippen LogP contribution in [0.3, 0.4) is 0 Å². The second-order valence-corrected chi connectivity index (χ2v) is 4.96. The van der Waals surface area contributed by atoms with Gasteiger partial charge in [-0.25, -0.2) is 0 Å². The zero-order chi connectivity index (χ0) is 12.8. The van der Waals surface area contributed by atoms with Crippen molar-refractivity contribution in [3.8, 4) is 0 Å². The average Bonchev–Trinajstić information content (AvgIpc) is 2.69. The van der Waals surface area contributed by atoms with Gasteiger partial charge in [0.1, 0.15) is 5.00 Å². The molecule has 0 unspecified atom stereocenters. The number of thiophene rings is 1. The predicted octanol–water partition coefficient (Wildman–Crippen LogP) is 2.54. The predicted molar refractivity (Wildman–Crippen MR) is 70.4 cm³/mol. The van der Waals surface area contributed by atoms with E-state index in [0.29, 0.717) is 17.0 Å². The Kier molecular flexibility index (Phi) is 5.15. The first-order valence-corrected chi connectivity index (χ1v) is 6.62. The molecule has 5 heteroatoms. The Balaban J connectivity index is 2.78. The number of unbranched alkanes of at least 4 members (excludes halogenated alkanes) is 1. The molecule has 0 fully saturated rings. The number of aryl methyl sites for hydroxylation is 1. The summed E-state index contributed by atoms with van der Waals surface area (Å²) in [5.74, 6) is -0.550. The quantitative estimate of drug-likeness (QED) is 0.818. The van der Waals surface area contributed by atoms with Crippen LogP contribution in [0.5, 0.6) is 0 Å². The van der Waals surface area contributed by atoms with Crippen LogP contribution < -0.4 is 11.1 Å². The molecule has 3 N–H and O–H groups in total. The highest BCUT2D eigenvalue weighted by atomic mass is 32.1. The maximum absolute atomic E-state index is 11.6. The highest BCUT2D eigenvalue weighted by Gasteiger charge is 2.14. The van der Waals surface area contributed by atoms with E-state index >= 15 is 0 Å². The van der Waals surface area contributed by atoms with Crippen LogP contribution in [-0.2, 0) is 11.2 Å². The van der Waals surface area contributed by atoms with Gasteiger partial charge in [-0.3, -0.25) is 9.59 Å². The van der Waals surface area contributed by atoms with Gasteiger partial charge in [-0.15, -0.1) is 11.3 Å². The van der Waals surface area contributed by atoms with Gasteiger partial charge < -0.3 is 11.1 Å². The summed E-state index contributed by atoms with van der Waals surface area (Å²) in [4.78, 5) is 23.9. The maximum Gasteiger partial charge on any atom is 0.251 e. The van der Waals surface area contributed by atoms with E-state index in [-0.39, 0.29) is 5.91 Å². The van der Waals surface area contributed by atoms with E-state index in [4.69, 9.17) is 5.73 Å². The molecule has 0 atom stereocenters. The molecule has 0 saturated carbocycles. The van der Waals surface area contributed by atoms with Crippen molar-refractivity contribution in [1.82, 2.24) is 0 Å². The number of primary amides is 1. The molecule has 0 aliphatic rings. The topological polar surface area (TPSA) is 72.2 Å². The molecule has 2 amide bonds. The number of anilines is 1. The summed E-state index contributed by atoms with van der Waals surface area (Å²) in [7, 11) is 0. The third-order valence-corrected chi connectivity index (χ3v) is 3.60. The Morgan fingerprint density at radius 1 is 1.41 bits per heavy atom. The number of carbonyl (C=O) groups is 2. The summed E-state index contributed by atoms with van der Waals surface area (Å²) >= 11 is 1.42. The second-order valence-electron chi connectivity index (χ2n) is 3.83. The Morgan fingerprint density at radius 2 is 2.12 bits per heavy atom. The Morgan fingerprint density at radius 3 is 2.65 bits per heavy atom. The van der Waals surface area contributed by atoms with Crippen LogP contribution in [0.15, 0.2) is 6.07 Å². The van der Waals surface area contributed by atoms with E-state index in [2.05, 4.69) is 5.32 Å². The molecule has 1 aromatic heterocycles. The monoisotopic (exact) mass is 254 g/mol. The molecule has 0 aliphatic carbocycles. The lowest BCUT2D eigenvalue weighted by molar-refractivity contribution is -0.116. The lowest BCUT2D eigenvalue weighted by atomic mass is 10.2. The highest BCUT2D eigenvalue weighted by molar-refractivity contribution is 7.16. The minimum atomic E-state index is -0.494. The standard InChI is InChI=1S/C12H18N2O2S/c1-3-5-6-10(15)14-12-9(11(13)16)7-8(4-2)17-12/h7H,3-6H2,1-2H3,(H2,13,16)(H,14,15). The Labute approximate surface area is 105 Å². The molecule has 0 spiro atoms. The van der Waals surface area contributed by atoms with Gasteiger partial charge in [0, 0.05) is 11.3 Å². The second kappa shape index (κ2) is 6.39. The number of hydrogen-bond acceptors (Lipinski definition) is 3. The average molecular weight is 254 g/mol. The van der Waals surface area contributed by atoms with E-state index in [1.165, 1.54) is 11.3 Å². The highest BCUT2D eigenvalue weighted by Crippen LogP contribution is 2.28. The van der Waals surface area contributed by atoms with E-state index < -0.39 is 5.91 Å². The van der Waals surface area contributed by atoms with Crippen LogP contribution in [0.1, 0.15) is 48.3 Å². The van der Waals surface area contributed by atoms with Crippen LogP contribution >= 0.6 is 11.3 Å². The molecule has 94 valence electrons. The summed E-state index contributed by atoms with van der Waals surface area (Å²) in [5, 5.41) is 3.34. The first-order valence-electron chi connectivity index (χ1n) is 5.80. The summed E-state index contributed by atoms with van der Waals surface area (Å²) in [6, 6.07) is 1.75. The van der Waals surface area contributed by atoms with Gasteiger partial charge >= 0.3 is 0 Å². The van der Waals surface area contributed by atoms with Crippen molar-refractivity contribution in [1.29, 1.82) is 0 Å². The van der Waals surface area contributed by atoms with Gasteiger partial charge in [-0.2, -0.15) is 0 Å². The lowest BCUT2D eigenvalue weighted by Gasteiger charge is -2.03. The molecule has 0 radical (unpaired) electrons. The first kappa shape index (κ1) is 13.7. The number of nitrogens with two attached hydrogens (primary N) is 1. The number of carbonyl (C=O) groups excluding carboxylic acids is 2. The molecule has 0 bridgehead atoms. The van der Waals surface area contributed by atoms with E-state index in [1.807, 2.05) is 13.8 Å². The Bertz CT molecular complexity index is 413. The van der Waals surface area contributed by atoms with Gasteiger partial charge in [0.25, 0.3) is 5.91 Å². The molecular formula is C12H18N2O2S. The fourth-order valence-corrected chi connectivity index (χ4v) is 2.44. The molecule has 0 aliphatic heterocycles. The molecule has 1 rings (SSSR count). The summed E-state index contributed by atoms with van der Waals surface area (Å²) in [6.07, 6.45) is 3.13. The van der Waals surface area contributed by atoms with Crippen LogP contribution in [0, 0.1) is 0 Å². The van der Waals surface area contributed by atoms with Crippen molar-refractivity contribution >= 4 is 28.2 Å². The van der Waals surface area contributed by atoms with Gasteiger partial charge in [0.2, 0.25) is 5.91 Å². The van der Waals surface area contributed by atoms with Crippen molar-refractivity contribution in [2.45, 2.75) is 39.5 Å². The maximum atomic E-state index is 11.6. The van der Waals surface area contributed by atoms with Crippen molar-refractivity contribution < 1.29 is 9.59 Å². The number of rotatable bonds is 6. The summed E-state index contributed by atoms with van der Waals surface area (Å²) in [6.45, 7) is 4.03. The normalized spacial score (nSPS) is 10.2. The molecule has 17 heavy (non-hydrogen) atoms. The largest absolute Gasteiger partial charge is 0.366 e. The van der Waals surface area contributed by atoms with Crippen molar-refractivity contribution in [3.05, 3.63) is 16.5 Å².